The second kappa shape index (κ2) is 31.7. The molecule has 2 aromatic heterocycles. The molecule has 1 aliphatic heterocycles. The lowest BCUT2D eigenvalue weighted by Crippen LogP contribution is -2.55. The molecule has 6 aromatic rings. The van der Waals surface area contributed by atoms with Gasteiger partial charge in [0.25, 0.3) is 11.8 Å². The van der Waals surface area contributed by atoms with E-state index in [9.17, 15) is 38.4 Å². The maximum absolute atomic E-state index is 14.4. The van der Waals surface area contributed by atoms with Gasteiger partial charge in [0, 0.05) is 13.1 Å². The molecule has 1 aliphatic rings. The standard InChI is InChI=1S/C60H74N14O10/c1-5-39(3)51-57(79)65-47(27-17-19-31-61-59(81)83-37-41-21-9-7-10-22-41)55(77)63-33-43-36-74(72-70-43)50-30-16-14-26-46(50)54(76)68-52(40(4)6-2)58(80)66-48(28-18-20-32-62-60(82)84-38-42-23-11-8-12-24-42)56(78)64-34-44-35-73(71-69-44)49-29-15-13-25-45(49)53(75)67-51/h7-16,21-26,29-30,35-36,39-40,47-48,51-52H,5-6,17-20,27-28,31-34,37-38H2,1-4H3,(H,61,81)(H,62,82)(H,63,77)(H,64,78)(H,65,79)(H,66,80)(H,67,75)(H,68,76)/t39-,40-,47-,48-,51-,52-/m0/s1. The molecular weight excluding hydrogens is 1080 g/mol. The second-order valence-electron chi connectivity index (χ2n) is 20.5. The Morgan fingerprint density at radius 3 is 1.30 bits per heavy atom. The van der Waals surface area contributed by atoms with Crippen LogP contribution in [0.25, 0.3) is 11.4 Å². The number of amides is 8. The normalized spacial score (nSPS) is 18.0. The minimum atomic E-state index is -1.11. The van der Waals surface area contributed by atoms with Crippen molar-refractivity contribution in [2.75, 3.05) is 13.1 Å². The van der Waals surface area contributed by atoms with Crippen molar-refractivity contribution in [1.29, 1.82) is 0 Å². The first-order valence-corrected chi connectivity index (χ1v) is 28.4. The lowest BCUT2D eigenvalue weighted by Gasteiger charge is -2.27. The van der Waals surface area contributed by atoms with Crippen LogP contribution in [0.1, 0.15) is 122 Å². The van der Waals surface area contributed by atoms with Crippen LogP contribution in [0.2, 0.25) is 0 Å². The van der Waals surface area contributed by atoms with E-state index < -0.39 is 83.6 Å². The van der Waals surface area contributed by atoms with Crippen molar-refractivity contribution in [3.8, 4) is 11.4 Å². The Balaban J connectivity index is 1.12. The highest BCUT2D eigenvalue weighted by atomic mass is 16.6. The molecule has 0 radical (unpaired) electrons. The molecule has 444 valence electrons. The molecule has 0 saturated carbocycles. The average molecular weight is 1150 g/mol. The van der Waals surface area contributed by atoms with Gasteiger partial charge in [-0.1, -0.05) is 136 Å². The summed E-state index contributed by atoms with van der Waals surface area (Å²) in [6, 6.07) is 27.2. The average Bonchev–Trinajstić information content (AvgIpc) is 3.53. The van der Waals surface area contributed by atoms with Gasteiger partial charge < -0.3 is 52.0 Å². The molecule has 0 saturated heterocycles. The van der Waals surface area contributed by atoms with Crippen LogP contribution in [0, 0.1) is 11.8 Å². The van der Waals surface area contributed by atoms with E-state index in [-0.39, 0.29) is 63.4 Å². The van der Waals surface area contributed by atoms with Crippen LogP contribution < -0.4 is 42.5 Å². The molecule has 8 N–H and O–H groups in total. The lowest BCUT2D eigenvalue weighted by molar-refractivity contribution is -0.130. The van der Waals surface area contributed by atoms with Crippen LogP contribution in [-0.4, -0.2) is 115 Å². The smallest absolute Gasteiger partial charge is 0.407 e. The number of hydrogen-bond donors (Lipinski definition) is 8. The zero-order valence-corrected chi connectivity index (χ0v) is 47.7. The number of para-hydroxylation sites is 2. The third kappa shape index (κ3) is 18.3. The number of hydrogen-bond acceptors (Lipinski definition) is 14. The van der Waals surface area contributed by atoms with Crippen LogP contribution in [0.15, 0.2) is 122 Å². The number of nitrogens with zero attached hydrogens (tertiary/aromatic N) is 6. The minimum Gasteiger partial charge on any atom is -0.445 e. The van der Waals surface area contributed by atoms with Crippen molar-refractivity contribution in [2.45, 2.75) is 130 Å². The molecule has 0 aliphatic carbocycles. The number of rotatable bonds is 18. The summed E-state index contributed by atoms with van der Waals surface area (Å²) in [4.78, 5) is 111. The van der Waals surface area contributed by atoms with Crippen LogP contribution in [0.4, 0.5) is 9.59 Å². The van der Waals surface area contributed by atoms with Crippen LogP contribution in [0.3, 0.4) is 0 Å². The number of aromatic nitrogens is 6. The van der Waals surface area contributed by atoms with Gasteiger partial charge >= 0.3 is 12.2 Å². The Hall–Kier alpha value is -9.48. The summed E-state index contributed by atoms with van der Waals surface area (Å²) >= 11 is 0. The summed E-state index contributed by atoms with van der Waals surface area (Å²) in [5, 5.41) is 39.8. The van der Waals surface area contributed by atoms with Crippen molar-refractivity contribution in [3.63, 3.8) is 0 Å². The SMILES string of the molecule is CC[C@H](C)[C@@H]1NC(=O)c2ccccc2-n2cc(nn2)CNC(=O)[C@H](CCCCNC(=O)OCc2ccccc2)NC(=O)[C@H]([C@@H](C)CC)NC(=O)c2ccccc2-n2cc(nn2)CNC(=O)[C@H](CCCCNC(=O)OCc2ccccc2)NC1=O. The van der Waals surface area contributed by atoms with Crippen LogP contribution in [0.5, 0.6) is 0 Å². The molecule has 4 bridgehead atoms. The summed E-state index contributed by atoms with van der Waals surface area (Å²) in [5.41, 5.74) is 3.20. The maximum Gasteiger partial charge on any atom is 0.407 e. The second-order valence-corrected chi connectivity index (χ2v) is 20.5. The molecule has 4 aromatic carbocycles. The van der Waals surface area contributed by atoms with Gasteiger partial charge in [0.1, 0.15) is 48.8 Å². The number of benzene rings is 4. The van der Waals surface area contributed by atoms with E-state index in [1.165, 1.54) is 21.8 Å². The van der Waals surface area contributed by atoms with Gasteiger partial charge in [-0.15, -0.1) is 10.2 Å². The third-order valence-corrected chi connectivity index (χ3v) is 14.4. The van der Waals surface area contributed by atoms with E-state index >= 15 is 0 Å². The molecular formula is C60H74N14O10. The number of unbranched alkanes of at least 4 members (excludes halogenated alkanes) is 2. The Bertz CT molecular complexity index is 2960. The molecule has 6 atom stereocenters. The molecule has 3 heterocycles. The first kappa shape index (κ1) is 62.1. The highest BCUT2D eigenvalue weighted by molar-refractivity contribution is 6.02. The molecule has 24 heteroatoms. The Labute approximate surface area is 487 Å². The number of nitrogens with one attached hydrogen (secondary N) is 8. The van der Waals surface area contributed by atoms with Gasteiger partial charge in [-0.25, -0.2) is 19.0 Å². The van der Waals surface area contributed by atoms with Gasteiger partial charge in [0.05, 0.1) is 48.0 Å². The Morgan fingerprint density at radius 1 is 0.524 bits per heavy atom. The van der Waals surface area contributed by atoms with E-state index in [0.717, 1.165) is 11.1 Å². The van der Waals surface area contributed by atoms with E-state index in [1.54, 1.807) is 48.5 Å². The molecule has 0 spiro atoms. The van der Waals surface area contributed by atoms with E-state index in [4.69, 9.17) is 9.47 Å². The van der Waals surface area contributed by atoms with Crippen molar-refractivity contribution >= 4 is 47.6 Å². The molecule has 0 fully saturated rings. The topological polar surface area (TPSA) is 313 Å². The van der Waals surface area contributed by atoms with Crippen LogP contribution >= 0.6 is 0 Å². The van der Waals surface area contributed by atoms with Gasteiger partial charge in [0.15, 0.2) is 0 Å². The zero-order chi connectivity index (χ0) is 59.8. The maximum atomic E-state index is 14.4. The summed E-state index contributed by atoms with van der Waals surface area (Å²) in [7, 11) is 0. The number of fused-ring (bicyclic) bond motifs is 8. The quantitative estimate of drug-likeness (QED) is 0.0510. The lowest BCUT2D eigenvalue weighted by atomic mass is 9.96. The fraction of sp³-hybridized carbons (Fsp3) is 0.400. The largest absolute Gasteiger partial charge is 0.445 e. The zero-order valence-electron chi connectivity index (χ0n) is 47.7. The van der Waals surface area contributed by atoms with Crippen molar-refractivity contribution in [3.05, 3.63) is 155 Å². The van der Waals surface area contributed by atoms with Crippen LogP contribution in [-0.2, 0) is 55.0 Å². The Morgan fingerprint density at radius 2 is 0.905 bits per heavy atom. The molecule has 8 amide bonds. The Kier molecular flexibility index (Phi) is 23.4. The van der Waals surface area contributed by atoms with Gasteiger partial charge in [-0.05, 0) is 85.8 Å². The predicted molar refractivity (Wildman–Crippen MR) is 309 cm³/mol. The summed E-state index contributed by atoms with van der Waals surface area (Å²) in [6.07, 6.45) is 4.76. The van der Waals surface area contributed by atoms with E-state index in [0.29, 0.717) is 61.3 Å². The monoisotopic (exact) mass is 1150 g/mol. The fourth-order valence-electron chi connectivity index (χ4n) is 9.11. The number of alkyl carbamates (subject to hydrolysis) is 2. The highest BCUT2D eigenvalue weighted by Gasteiger charge is 2.33. The minimum absolute atomic E-state index is 0.0965. The first-order chi connectivity index (χ1) is 40.7. The number of ether oxygens (including phenoxy) is 2. The third-order valence-electron chi connectivity index (χ3n) is 14.4. The van der Waals surface area contributed by atoms with Crippen molar-refractivity contribution < 1.29 is 47.8 Å². The highest BCUT2D eigenvalue weighted by Crippen LogP contribution is 2.20. The summed E-state index contributed by atoms with van der Waals surface area (Å²) in [5.74, 6) is -4.34. The predicted octanol–water partition coefficient (Wildman–Crippen LogP) is 5.25. The summed E-state index contributed by atoms with van der Waals surface area (Å²) in [6.45, 7) is 7.75. The summed E-state index contributed by atoms with van der Waals surface area (Å²) < 4.78 is 13.4. The first-order valence-electron chi connectivity index (χ1n) is 28.4. The number of carbonyl (C=O) groups excluding carboxylic acids is 8. The van der Waals surface area contributed by atoms with E-state index in [1.807, 2.05) is 88.4 Å². The van der Waals surface area contributed by atoms with Gasteiger partial charge in [-0.3, -0.25) is 28.8 Å². The fourth-order valence-corrected chi connectivity index (χ4v) is 9.11. The molecule has 7 rings (SSSR count). The number of carbonyl (C=O) groups is 8. The van der Waals surface area contributed by atoms with Crippen molar-refractivity contribution in [2.24, 2.45) is 11.8 Å². The van der Waals surface area contributed by atoms with E-state index in [2.05, 4.69) is 63.2 Å². The molecule has 0 unspecified atom stereocenters. The molecule has 84 heavy (non-hydrogen) atoms. The van der Waals surface area contributed by atoms with Gasteiger partial charge in [0.2, 0.25) is 23.6 Å². The van der Waals surface area contributed by atoms with Crippen molar-refractivity contribution in [1.82, 2.24) is 72.5 Å². The molecule has 24 nitrogen and oxygen atoms in total. The van der Waals surface area contributed by atoms with Gasteiger partial charge in [-0.2, -0.15) is 0 Å².